The highest BCUT2D eigenvalue weighted by molar-refractivity contribution is 5.78. The molecule has 0 aromatic heterocycles. The lowest BCUT2D eigenvalue weighted by molar-refractivity contribution is -0.144. The number of carboxylic acids is 1. The number of hydrogen-bond donors (Lipinski definition) is 2. The van der Waals surface area contributed by atoms with Crippen LogP contribution in [-0.2, 0) is 4.79 Å². The van der Waals surface area contributed by atoms with Gasteiger partial charge in [-0.3, -0.25) is 4.79 Å². The molecule has 0 aliphatic heterocycles. The molecule has 0 heterocycles. The van der Waals surface area contributed by atoms with E-state index in [1.807, 2.05) is 6.92 Å². The van der Waals surface area contributed by atoms with Crippen LogP contribution >= 0.6 is 0 Å². The molecule has 0 spiro atoms. The summed E-state index contributed by atoms with van der Waals surface area (Å²) in [6.45, 7) is 16.5. The maximum atomic E-state index is 11.4. The normalized spacial score (nSPS) is 15.1. The fourth-order valence-corrected chi connectivity index (χ4v) is 2.61. The molecule has 0 radical (unpaired) electrons. The van der Waals surface area contributed by atoms with Crippen LogP contribution in [0.3, 0.4) is 0 Å². The van der Waals surface area contributed by atoms with Crippen molar-refractivity contribution in [3.05, 3.63) is 0 Å². The highest BCUT2D eigenvalue weighted by atomic mass is 16.4. The number of likely N-dealkylation sites (N-methyl/N-ethyl adjacent to an activating group) is 1. The van der Waals surface area contributed by atoms with Crippen molar-refractivity contribution >= 4 is 5.97 Å². The van der Waals surface area contributed by atoms with Gasteiger partial charge in [-0.25, -0.2) is 0 Å². The summed E-state index contributed by atoms with van der Waals surface area (Å²) in [4.78, 5) is 13.8. The highest BCUT2D eigenvalue weighted by Gasteiger charge is 2.31. The largest absolute Gasteiger partial charge is 0.480 e. The Kier molecular flexibility index (Phi) is 9.06. The van der Waals surface area contributed by atoms with Crippen molar-refractivity contribution in [3.8, 4) is 0 Å². The van der Waals surface area contributed by atoms with E-state index in [-0.39, 0.29) is 0 Å². The van der Waals surface area contributed by atoms with E-state index >= 15 is 0 Å². The Morgan fingerprint density at radius 2 is 1.70 bits per heavy atom. The Labute approximate surface area is 124 Å². The maximum absolute atomic E-state index is 11.4. The molecule has 1 unspecified atom stereocenters. The van der Waals surface area contributed by atoms with E-state index in [9.17, 15) is 9.90 Å². The molecule has 1 atom stereocenters. The molecule has 0 aromatic rings. The van der Waals surface area contributed by atoms with Crippen molar-refractivity contribution in [1.29, 1.82) is 0 Å². The number of nitrogens with zero attached hydrogens (tertiary/aromatic N) is 1. The number of hydrogen-bond acceptors (Lipinski definition) is 3. The average Bonchev–Trinajstić information content (AvgIpc) is 2.27. The van der Waals surface area contributed by atoms with Gasteiger partial charge in [-0.05, 0) is 44.7 Å². The molecular weight excluding hydrogens is 252 g/mol. The second-order valence-electron chi connectivity index (χ2n) is 6.82. The third-order valence-electron chi connectivity index (χ3n) is 3.44. The molecule has 0 fully saturated rings. The molecule has 0 saturated carbocycles. The van der Waals surface area contributed by atoms with Gasteiger partial charge in [0.05, 0.1) is 0 Å². The van der Waals surface area contributed by atoms with E-state index in [1.165, 1.54) is 0 Å². The Bertz CT molecular complexity index is 270. The number of rotatable bonds is 11. The van der Waals surface area contributed by atoms with Gasteiger partial charge in [0.1, 0.15) is 5.54 Å². The molecule has 2 N–H and O–H groups in total. The van der Waals surface area contributed by atoms with Crippen molar-refractivity contribution in [2.45, 2.75) is 59.9 Å². The number of carbonyl (C=O) groups is 1. The quantitative estimate of drug-likeness (QED) is 0.613. The Balaban J connectivity index is 4.35. The van der Waals surface area contributed by atoms with Gasteiger partial charge in [0.25, 0.3) is 0 Å². The SMILES string of the molecule is CCNC(C)(CCCN(CC(C)C)CC(C)C)C(=O)O. The van der Waals surface area contributed by atoms with Gasteiger partial charge >= 0.3 is 5.97 Å². The van der Waals surface area contributed by atoms with E-state index in [4.69, 9.17) is 0 Å². The molecule has 120 valence electrons. The summed E-state index contributed by atoms with van der Waals surface area (Å²) in [6.07, 6.45) is 1.58. The first-order valence-electron chi connectivity index (χ1n) is 7.92. The molecule has 4 heteroatoms. The Morgan fingerprint density at radius 1 is 1.20 bits per heavy atom. The summed E-state index contributed by atoms with van der Waals surface area (Å²) in [7, 11) is 0. The molecule has 0 aliphatic rings. The van der Waals surface area contributed by atoms with E-state index in [1.54, 1.807) is 6.92 Å². The Hall–Kier alpha value is -0.610. The fourth-order valence-electron chi connectivity index (χ4n) is 2.61. The van der Waals surface area contributed by atoms with E-state index in [0.717, 1.165) is 26.1 Å². The molecule has 0 bridgehead atoms. The lowest BCUT2D eigenvalue weighted by atomic mass is 9.95. The van der Waals surface area contributed by atoms with Crippen molar-refractivity contribution < 1.29 is 9.90 Å². The van der Waals surface area contributed by atoms with Crippen LogP contribution in [0.25, 0.3) is 0 Å². The molecule has 0 rings (SSSR count). The highest BCUT2D eigenvalue weighted by Crippen LogP contribution is 2.14. The minimum absolute atomic E-state index is 0.647. The van der Waals surface area contributed by atoms with E-state index < -0.39 is 11.5 Å². The predicted molar refractivity (Wildman–Crippen MR) is 85.1 cm³/mol. The average molecular weight is 286 g/mol. The summed E-state index contributed by atoms with van der Waals surface area (Å²) in [5.41, 5.74) is -0.796. The number of carboxylic acid groups (broad SMARTS) is 1. The topological polar surface area (TPSA) is 52.6 Å². The predicted octanol–water partition coefficient (Wildman–Crippen LogP) is 2.83. The first kappa shape index (κ1) is 19.4. The smallest absolute Gasteiger partial charge is 0.323 e. The van der Waals surface area contributed by atoms with Crippen LogP contribution in [0.4, 0.5) is 0 Å². The van der Waals surface area contributed by atoms with Gasteiger partial charge in [-0.1, -0.05) is 34.6 Å². The first-order chi connectivity index (χ1) is 9.21. The van der Waals surface area contributed by atoms with Crippen LogP contribution in [0.15, 0.2) is 0 Å². The first-order valence-corrected chi connectivity index (χ1v) is 7.92. The molecular formula is C16H34N2O2. The zero-order valence-corrected chi connectivity index (χ0v) is 14.2. The van der Waals surface area contributed by atoms with Gasteiger partial charge in [-0.2, -0.15) is 0 Å². The van der Waals surface area contributed by atoms with E-state index in [2.05, 4.69) is 37.9 Å². The molecule has 20 heavy (non-hydrogen) atoms. The summed E-state index contributed by atoms with van der Waals surface area (Å²) in [5, 5.41) is 12.4. The summed E-state index contributed by atoms with van der Waals surface area (Å²) in [6, 6.07) is 0. The van der Waals surface area contributed by atoms with Gasteiger partial charge in [-0.15, -0.1) is 0 Å². The monoisotopic (exact) mass is 286 g/mol. The molecule has 0 saturated heterocycles. The van der Waals surface area contributed by atoms with Crippen LogP contribution in [-0.4, -0.2) is 47.7 Å². The minimum atomic E-state index is -0.796. The van der Waals surface area contributed by atoms with Crippen LogP contribution in [0.2, 0.25) is 0 Å². The fraction of sp³-hybridized carbons (Fsp3) is 0.938. The molecule has 0 aliphatic carbocycles. The summed E-state index contributed by atoms with van der Waals surface area (Å²) in [5.74, 6) is 0.542. The zero-order chi connectivity index (χ0) is 15.8. The Morgan fingerprint density at radius 3 is 2.05 bits per heavy atom. The lowest BCUT2D eigenvalue weighted by Gasteiger charge is -2.29. The van der Waals surface area contributed by atoms with Gasteiger partial charge in [0.2, 0.25) is 0 Å². The molecule has 4 nitrogen and oxygen atoms in total. The van der Waals surface area contributed by atoms with E-state index in [0.29, 0.717) is 24.8 Å². The molecule has 0 amide bonds. The molecule has 0 aromatic carbocycles. The van der Waals surface area contributed by atoms with Crippen LogP contribution in [0.5, 0.6) is 0 Å². The number of aliphatic carboxylic acids is 1. The number of nitrogens with one attached hydrogen (secondary N) is 1. The third kappa shape index (κ3) is 7.85. The van der Waals surface area contributed by atoms with Crippen molar-refractivity contribution in [1.82, 2.24) is 10.2 Å². The second kappa shape index (κ2) is 9.35. The second-order valence-corrected chi connectivity index (χ2v) is 6.82. The van der Waals surface area contributed by atoms with Crippen molar-refractivity contribution in [3.63, 3.8) is 0 Å². The van der Waals surface area contributed by atoms with Crippen LogP contribution in [0, 0.1) is 11.8 Å². The lowest BCUT2D eigenvalue weighted by Crippen LogP contribution is -2.49. The minimum Gasteiger partial charge on any atom is -0.480 e. The third-order valence-corrected chi connectivity index (χ3v) is 3.44. The maximum Gasteiger partial charge on any atom is 0.323 e. The van der Waals surface area contributed by atoms with Gasteiger partial charge in [0, 0.05) is 13.1 Å². The summed E-state index contributed by atoms with van der Waals surface area (Å²) >= 11 is 0. The van der Waals surface area contributed by atoms with Crippen molar-refractivity contribution in [2.75, 3.05) is 26.2 Å². The van der Waals surface area contributed by atoms with Gasteiger partial charge < -0.3 is 15.3 Å². The standard InChI is InChI=1S/C16H34N2O2/c1-7-17-16(6,15(19)20)9-8-10-18(11-13(2)3)12-14(4)5/h13-14,17H,7-12H2,1-6H3,(H,19,20). The van der Waals surface area contributed by atoms with Crippen LogP contribution in [0.1, 0.15) is 54.4 Å². The summed E-state index contributed by atoms with van der Waals surface area (Å²) < 4.78 is 0. The van der Waals surface area contributed by atoms with Crippen molar-refractivity contribution in [2.24, 2.45) is 11.8 Å². The zero-order valence-electron chi connectivity index (χ0n) is 14.2. The van der Waals surface area contributed by atoms with Crippen LogP contribution < -0.4 is 5.32 Å². The van der Waals surface area contributed by atoms with Gasteiger partial charge in [0.15, 0.2) is 0 Å².